The lowest BCUT2D eigenvalue weighted by Crippen LogP contribution is -2.20. The van der Waals surface area contributed by atoms with Crippen LogP contribution >= 0.6 is 0 Å². The highest BCUT2D eigenvalue weighted by atomic mass is 16.3. The molecule has 0 aromatic carbocycles. The number of allylic oxidation sites excluding steroid dienone is 1. The maximum absolute atomic E-state index is 11.8. The molecule has 0 saturated heterocycles. The molecule has 0 fully saturated rings. The van der Waals surface area contributed by atoms with E-state index in [9.17, 15) is 4.79 Å². The molecule has 3 heteroatoms. The number of fused-ring (bicyclic) bond motifs is 1. The summed E-state index contributed by atoms with van der Waals surface area (Å²) in [5, 5.41) is 8.95. The lowest BCUT2D eigenvalue weighted by Gasteiger charge is -2.18. The molecule has 0 aliphatic heterocycles. The lowest BCUT2D eigenvalue weighted by molar-refractivity contribution is 0.101. The summed E-state index contributed by atoms with van der Waals surface area (Å²) in [5.74, 6) is 1.41. The van der Waals surface area contributed by atoms with Crippen LogP contribution in [0.2, 0.25) is 0 Å². The molecule has 0 bridgehead atoms. The number of hydrogen-bond acceptors (Lipinski definition) is 3. The van der Waals surface area contributed by atoms with Crippen molar-refractivity contribution >= 4 is 5.78 Å². The molecule has 2 rings (SSSR count). The van der Waals surface area contributed by atoms with Crippen molar-refractivity contribution < 1.29 is 14.3 Å². The van der Waals surface area contributed by atoms with E-state index in [-0.39, 0.29) is 11.7 Å². The number of ketones is 1. The van der Waals surface area contributed by atoms with Crippen LogP contribution in [0.5, 0.6) is 0 Å². The molecule has 1 unspecified atom stereocenters. The van der Waals surface area contributed by atoms with Crippen LogP contribution in [0, 0.1) is 12.8 Å². The maximum Gasteiger partial charge on any atom is 0.195 e. The number of Topliss-reactive ketones (excluding diaryl/α,β-unsaturated/α-hetero) is 1. The van der Waals surface area contributed by atoms with Gasteiger partial charge in [0.15, 0.2) is 5.78 Å². The molecule has 1 aliphatic carbocycles. The van der Waals surface area contributed by atoms with Gasteiger partial charge >= 0.3 is 0 Å². The summed E-state index contributed by atoms with van der Waals surface area (Å²) in [6.45, 7) is 3.72. The summed E-state index contributed by atoms with van der Waals surface area (Å²) < 4.78 is 5.41. The van der Waals surface area contributed by atoms with Crippen LogP contribution < -0.4 is 0 Å². The summed E-state index contributed by atoms with van der Waals surface area (Å²) in [7, 11) is 0. The highest BCUT2D eigenvalue weighted by Crippen LogP contribution is 2.31. The molecule has 0 amide bonds. The van der Waals surface area contributed by atoms with Gasteiger partial charge < -0.3 is 9.52 Å². The Morgan fingerprint density at radius 1 is 1.64 bits per heavy atom. The number of carbonyl (C=O) groups is 1. The summed E-state index contributed by atoms with van der Waals surface area (Å²) in [6.07, 6.45) is 1.60. The Morgan fingerprint density at radius 2 is 2.36 bits per heavy atom. The van der Waals surface area contributed by atoms with Gasteiger partial charge in [0.2, 0.25) is 0 Å². The summed E-state index contributed by atoms with van der Waals surface area (Å²) in [6, 6.07) is 1.73. The number of aliphatic hydroxyl groups is 1. The fraction of sp³-hybridized carbons (Fsp3) is 0.364. The van der Waals surface area contributed by atoms with Gasteiger partial charge in [-0.2, -0.15) is 0 Å². The second kappa shape index (κ2) is 3.01. The molecule has 0 saturated carbocycles. The zero-order valence-corrected chi connectivity index (χ0v) is 8.20. The van der Waals surface area contributed by atoms with Gasteiger partial charge in [-0.3, -0.25) is 4.79 Å². The number of carbonyl (C=O) groups excluding carboxylic acids is 1. The second-order valence-electron chi connectivity index (χ2n) is 3.71. The number of rotatable bonds is 0. The number of aryl methyl sites for hydroxylation is 1. The van der Waals surface area contributed by atoms with Crippen LogP contribution in [-0.2, 0) is 6.42 Å². The van der Waals surface area contributed by atoms with Gasteiger partial charge in [-0.05, 0) is 18.9 Å². The first-order valence-corrected chi connectivity index (χ1v) is 4.61. The summed E-state index contributed by atoms with van der Waals surface area (Å²) >= 11 is 0. The largest absolute Gasteiger partial charge is 0.515 e. The Morgan fingerprint density at radius 3 is 3.00 bits per heavy atom. The van der Waals surface area contributed by atoms with Crippen LogP contribution in [0.25, 0.3) is 0 Å². The number of aliphatic hydroxyl groups excluding tert-OH is 1. The van der Waals surface area contributed by atoms with Gasteiger partial charge in [0, 0.05) is 12.0 Å². The normalized spacial score (nSPS) is 24.0. The molecule has 1 aromatic heterocycles. The molecule has 0 spiro atoms. The highest BCUT2D eigenvalue weighted by Gasteiger charge is 2.30. The van der Waals surface area contributed by atoms with Crippen molar-refractivity contribution in [2.75, 3.05) is 0 Å². The molecule has 74 valence electrons. The Hall–Kier alpha value is -1.51. The topological polar surface area (TPSA) is 50.4 Å². The minimum atomic E-state index is -0.113. The van der Waals surface area contributed by atoms with E-state index in [1.165, 1.54) is 0 Å². The maximum atomic E-state index is 11.8. The van der Waals surface area contributed by atoms with E-state index in [1.54, 1.807) is 6.07 Å². The molecule has 0 radical (unpaired) electrons. The van der Waals surface area contributed by atoms with Gasteiger partial charge in [0.1, 0.15) is 11.5 Å². The molecule has 3 nitrogen and oxygen atoms in total. The smallest absolute Gasteiger partial charge is 0.195 e. The van der Waals surface area contributed by atoms with Gasteiger partial charge in [0.05, 0.1) is 11.8 Å². The monoisotopic (exact) mass is 192 g/mol. The molecule has 1 aliphatic rings. The third-order valence-corrected chi connectivity index (χ3v) is 2.60. The molecule has 1 heterocycles. The SMILES string of the molecule is Cc1cc2c(o1)CC(C)/C(=C\O)C2=O. The van der Waals surface area contributed by atoms with Crippen LogP contribution in [-0.4, -0.2) is 10.9 Å². The van der Waals surface area contributed by atoms with Crippen molar-refractivity contribution in [1.29, 1.82) is 0 Å². The first kappa shape index (κ1) is 9.06. The Kier molecular flexibility index (Phi) is 1.95. The second-order valence-corrected chi connectivity index (χ2v) is 3.71. The van der Waals surface area contributed by atoms with Crippen LogP contribution in [0.1, 0.15) is 28.8 Å². The molecular weight excluding hydrogens is 180 g/mol. The van der Waals surface area contributed by atoms with Gasteiger partial charge in [0.25, 0.3) is 0 Å². The van der Waals surface area contributed by atoms with Crippen molar-refractivity contribution in [2.45, 2.75) is 20.3 Å². The first-order valence-electron chi connectivity index (χ1n) is 4.61. The van der Waals surface area contributed by atoms with E-state index in [4.69, 9.17) is 9.52 Å². The average molecular weight is 192 g/mol. The predicted octanol–water partition coefficient (Wildman–Crippen LogP) is 2.40. The number of furan rings is 1. The lowest BCUT2D eigenvalue weighted by atomic mass is 9.84. The quantitative estimate of drug-likeness (QED) is 0.507. The zero-order chi connectivity index (χ0) is 10.3. The highest BCUT2D eigenvalue weighted by molar-refractivity contribution is 6.10. The minimum Gasteiger partial charge on any atom is -0.515 e. The minimum absolute atomic E-state index is 0.0329. The van der Waals surface area contributed by atoms with Crippen molar-refractivity contribution in [3.8, 4) is 0 Å². The summed E-state index contributed by atoms with van der Waals surface area (Å²) in [4.78, 5) is 11.8. The van der Waals surface area contributed by atoms with Crippen molar-refractivity contribution in [3.63, 3.8) is 0 Å². The summed E-state index contributed by atoms with van der Waals surface area (Å²) in [5.41, 5.74) is 1.07. The third-order valence-electron chi connectivity index (χ3n) is 2.60. The third kappa shape index (κ3) is 1.16. The van der Waals surface area contributed by atoms with Crippen molar-refractivity contribution in [2.24, 2.45) is 5.92 Å². The standard InChI is InChI=1S/C11H12O3/c1-6-3-10-8(4-7(2)14-10)11(13)9(6)5-12/h4-6,12H,3H2,1-2H3/b9-5+. The van der Waals surface area contributed by atoms with Crippen LogP contribution in [0.15, 0.2) is 22.3 Å². The molecule has 14 heavy (non-hydrogen) atoms. The molecule has 1 N–H and O–H groups in total. The van der Waals surface area contributed by atoms with Gasteiger partial charge in [-0.1, -0.05) is 6.92 Å². The van der Waals surface area contributed by atoms with Crippen LogP contribution in [0.4, 0.5) is 0 Å². The Labute approximate surface area is 82.0 Å². The number of hydrogen-bond donors (Lipinski definition) is 1. The fourth-order valence-electron chi connectivity index (χ4n) is 1.86. The predicted molar refractivity (Wildman–Crippen MR) is 51.4 cm³/mol. The van der Waals surface area contributed by atoms with E-state index in [0.29, 0.717) is 17.6 Å². The van der Waals surface area contributed by atoms with Crippen molar-refractivity contribution in [3.05, 3.63) is 35.0 Å². The van der Waals surface area contributed by atoms with E-state index in [2.05, 4.69) is 0 Å². The van der Waals surface area contributed by atoms with Gasteiger partial charge in [-0.15, -0.1) is 0 Å². The van der Waals surface area contributed by atoms with Crippen LogP contribution in [0.3, 0.4) is 0 Å². The molecule has 1 aromatic rings. The van der Waals surface area contributed by atoms with Crippen molar-refractivity contribution in [1.82, 2.24) is 0 Å². The van der Waals surface area contributed by atoms with E-state index < -0.39 is 0 Å². The fourth-order valence-corrected chi connectivity index (χ4v) is 1.86. The Balaban J connectivity index is 2.53. The van der Waals surface area contributed by atoms with E-state index in [1.807, 2.05) is 13.8 Å². The first-order chi connectivity index (χ1) is 6.63. The zero-order valence-electron chi connectivity index (χ0n) is 8.20. The van der Waals surface area contributed by atoms with Gasteiger partial charge in [-0.25, -0.2) is 0 Å². The molecular formula is C11H12O3. The molecule has 1 atom stereocenters. The Bertz CT molecular complexity index is 412. The van der Waals surface area contributed by atoms with E-state index in [0.717, 1.165) is 17.8 Å². The average Bonchev–Trinajstić information content (AvgIpc) is 2.47. The van der Waals surface area contributed by atoms with E-state index >= 15 is 0 Å².